The molecule has 0 saturated heterocycles. The minimum atomic E-state index is -1.36. The van der Waals surface area contributed by atoms with Crippen molar-refractivity contribution in [1.29, 1.82) is 0 Å². The van der Waals surface area contributed by atoms with Gasteiger partial charge in [-0.2, -0.15) is 0 Å². The molecule has 3 rings (SSSR count). The number of likely N-dealkylation sites (N-methyl/N-ethyl adjacent to an activating group) is 1. The van der Waals surface area contributed by atoms with Gasteiger partial charge in [-0.3, -0.25) is 14.4 Å². The second kappa shape index (κ2) is 10.4. The zero-order chi connectivity index (χ0) is 24.0. The van der Waals surface area contributed by atoms with E-state index in [0.29, 0.717) is 12.0 Å². The number of amides is 3. The first kappa shape index (κ1) is 23.5. The van der Waals surface area contributed by atoms with Crippen LogP contribution in [0.1, 0.15) is 29.2 Å². The molecule has 3 amide bonds. The number of carbonyl (C=O) groups excluding carboxylic acids is 3. The highest BCUT2D eigenvalue weighted by Crippen LogP contribution is 2.24. The van der Waals surface area contributed by atoms with Crippen molar-refractivity contribution in [3.8, 4) is 5.75 Å². The van der Waals surface area contributed by atoms with Crippen LogP contribution in [0.4, 0.5) is 4.79 Å². The quantitative estimate of drug-likeness (QED) is 0.528. The number of rotatable bonds is 8. The number of ether oxygens (including phenoxy) is 1. The number of para-hydroxylation sites is 1. The highest BCUT2D eigenvalue weighted by atomic mass is 16.5. The lowest BCUT2D eigenvalue weighted by Crippen LogP contribution is -2.55. The number of hydrogen-bond acceptors (Lipinski definition) is 5. The maximum atomic E-state index is 12.6. The van der Waals surface area contributed by atoms with Crippen LogP contribution in [0.2, 0.25) is 0 Å². The molecule has 2 aromatic rings. The summed E-state index contributed by atoms with van der Waals surface area (Å²) in [4.78, 5) is 49.4. The van der Waals surface area contributed by atoms with E-state index in [0.717, 1.165) is 16.9 Å². The summed E-state index contributed by atoms with van der Waals surface area (Å²) in [5.74, 6) is -1.50. The summed E-state index contributed by atoms with van der Waals surface area (Å²) in [6.45, 7) is 0. The molecule has 0 bridgehead atoms. The lowest BCUT2D eigenvalue weighted by Gasteiger charge is -2.25. The fraction of sp³-hybridized carbons (Fsp3) is 0.250. The van der Waals surface area contributed by atoms with E-state index >= 15 is 0 Å². The average Bonchev–Trinajstić information content (AvgIpc) is 2.79. The van der Waals surface area contributed by atoms with Crippen LogP contribution in [0.15, 0.2) is 60.8 Å². The van der Waals surface area contributed by atoms with Crippen molar-refractivity contribution in [2.75, 3.05) is 14.2 Å². The van der Waals surface area contributed by atoms with Crippen LogP contribution in [0.5, 0.6) is 5.75 Å². The zero-order valence-electron chi connectivity index (χ0n) is 18.3. The van der Waals surface area contributed by atoms with Crippen molar-refractivity contribution in [1.82, 2.24) is 15.5 Å². The van der Waals surface area contributed by atoms with Gasteiger partial charge >= 0.3 is 12.0 Å². The van der Waals surface area contributed by atoms with Gasteiger partial charge in [-0.1, -0.05) is 42.5 Å². The molecule has 0 aliphatic carbocycles. The number of methoxy groups -OCH3 is 1. The number of urea groups is 1. The highest BCUT2D eigenvalue weighted by molar-refractivity contribution is 6.14. The second-order valence-electron chi connectivity index (χ2n) is 7.60. The van der Waals surface area contributed by atoms with Gasteiger partial charge in [0.25, 0.3) is 5.91 Å². The summed E-state index contributed by atoms with van der Waals surface area (Å²) in [6.07, 6.45) is 2.69. The van der Waals surface area contributed by atoms with Gasteiger partial charge in [0.1, 0.15) is 5.75 Å². The molecule has 2 atom stereocenters. The summed E-state index contributed by atoms with van der Waals surface area (Å²) >= 11 is 0. The van der Waals surface area contributed by atoms with Crippen molar-refractivity contribution < 1.29 is 29.0 Å². The number of nitrogens with one attached hydrogen (secondary N) is 2. The van der Waals surface area contributed by atoms with E-state index in [9.17, 15) is 24.3 Å². The summed E-state index contributed by atoms with van der Waals surface area (Å²) in [5.41, 5.74) is 2.45. The molecule has 1 aliphatic heterocycles. The Kier molecular flexibility index (Phi) is 7.45. The molecule has 1 unspecified atom stereocenters. The van der Waals surface area contributed by atoms with Crippen LogP contribution in [0, 0.1) is 0 Å². The van der Waals surface area contributed by atoms with Crippen LogP contribution >= 0.6 is 0 Å². The van der Waals surface area contributed by atoms with Crippen molar-refractivity contribution >= 4 is 23.7 Å². The van der Waals surface area contributed by atoms with Gasteiger partial charge in [0.05, 0.1) is 19.6 Å². The zero-order valence-corrected chi connectivity index (χ0v) is 18.3. The smallest absolute Gasteiger partial charge is 0.316 e. The predicted molar refractivity (Wildman–Crippen MR) is 120 cm³/mol. The lowest BCUT2D eigenvalue weighted by molar-refractivity contribution is -0.138. The van der Waals surface area contributed by atoms with Crippen LogP contribution in [-0.4, -0.2) is 53.9 Å². The first-order chi connectivity index (χ1) is 15.8. The first-order valence-electron chi connectivity index (χ1n) is 10.3. The molecule has 1 aliphatic rings. The molecule has 172 valence electrons. The average molecular weight is 451 g/mol. The second-order valence-corrected chi connectivity index (χ2v) is 7.60. The van der Waals surface area contributed by atoms with Gasteiger partial charge in [0.2, 0.25) is 0 Å². The number of carboxylic acid groups (broad SMARTS) is 1. The molecule has 3 N–H and O–H groups in total. The maximum Gasteiger partial charge on any atom is 0.316 e. The Bertz CT molecular complexity index is 1100. The van der Waals surface area contributed by atoms with Crippen LogP contribution in [0.25, 0.3) is 0 Å². The number of aliphatic carboxylic acids is 1. The topological polar surface area (TPSA) is 125 Å². The fourth-order valence-corrected chi connectivity index (χ4v) is 3.56. The SMILES string of the molecule is COc1ccccc1Cc1cccc([C@H](CC(=O)O)NC(=O)NC2C(=O)C=CN(C)C2=O)c1. The third-order valence-corrected chi connectivity index (χ3v) is 5.24. The molecule has 0 saturated carbocycles. The molecule has 0 fully saturated rings. The lowest BCUT2D eigenvalue weighted by atomic mass is 9.97. The molecule has 9 nitrogen and oxygen atoms in total. The summed E-state index contributed by atoms with van der Waals surface area (Å²) in [7, 11) is 3.06. The van der Waals surface area contributed by atoms with Gasteiger partial charge in [0.15, 0.2) is 11.8 Å². The fourth-order valence-electron chi connectivity index (χ4n) is 3.56. The Morgan fingerprint density at radius 3 is 2.64 bits per heavy atom. The monoisotopic (exact) mass is 451 g/mol. The van der Waals surface area contributed by atoms with Gasteiger partial charge < -0.3 is 25.4 Å². The first-order valence-corrected chi connectivity index (χ1v) is 10.3. The molecule has 1 heterocycles. The third kappa shape index (κ3) is 5.97. The van der Waals surface area contributed by atoms with Crippen molar-refractivity contribution in [3.05, 3.63) is 77.5 Å². The Morgan fingerprint density at radius 1 is 1.15 bits per heavy atom. The van der Waals surface area contributed by atoms with E-state index < -0.39 is 35.8 Å². The molecule has 9 heteroatoms. The van der Waals surface area contributed by atoms with E-state index in [-0.39, 0.29) is 6.42 Å². The molecule has 0 radical (unpaired) electrons. The Hall–Kier alpha value is -4.14. The highest BCUT2D eigenvalue weighted by Gasteiger charge is 2.32. The van der Waals surface area contributed by atoms with Crippen molar-refractivity contribution in [2.45, 2.75) is 24.9 Å². The molecule has 0 spiro atoms. The van der Waals surface area contributed by atoms with Gasteiger partial charge in [-0.05, 0) is 22.8 Å². The number of ketones is 1. The Balaban J connectivity index is 1.77. The number of hydrogen-bond donors (Lipinski definition) is 3. The van der Waals surface area contributed by atoms with Crippen LogP contribution < -0.4 is 15.4 Å². The van der Waals surface area contributed by atoms with E-state index in [4.69, 9.17) is 4.74 Å². The number of nitrogens with zero attached hydrogens (tertiary/aromatic N) is 1. The van der Waals surface area contributed by atoms with Gasteiger partial charge in [-0.15, -0.1) is 0 Å². The molecule has 0 aromatic heterocycles. The largest absolute Gasteiger partial charge is 0.496 e. The van der Waals surface area contributed by atoms with Gasteiger partial charge in [-0.25, -0.2) is 4.79 Å². The summed E-state index contributed by atoms with van der Waals surface area (Å²) in [6, 6.07) is 11.7. The standard InChI is InChI=1S/C24H25N3O6/c1-27-11-10-19(28)22(23(27)31)26-24(32)25-18(14-21(29)30)16-8-5-6-15(12-16)13-17-7-3-4-9-20(17)33-2/h3-12,18,22H,13-14H2,1-2H3,(H,29,30)(H2,25,26,32)/t18-,22?/m0/s1. The van der Waals surface area contributed by atoms with Crippen molar-refractivity contribution in [2.24, 2.45) is 0 Å². The molecular formula is C24H25N3O6. The Morgan fingerprint density at radius 2 is 1.91 bits per heavy atom. The third-order valence-electron chi connectivity index (χ3n) is 5.24. The van der Waals surface area contributed by atoms with E-state index in [1.807, 2.05) is 36.4 Å². The summed E-state index contributed by atoms with van der Waals surface area (Å²) < 4.78 is 5.39. The van der Waals surface area contributed by atoms with Crippen LogP contribution in [-0.2, 0) is 20.8 Å². The molecule has 2 aromatic carbocycles. The van der Waals surface area contributed by atoms with Gasteiger partial charge in [0, 0.05) is 25.7 Å². The van der Waals surface area contributed by atoms with E-state index in [1.54, 1.807) is 19.2 Å². The number of carboxylic acids is 1. The Labute approximate surface area is 191 Å². The predicted octanol–water partition coefficient (Wildman–Crippen LogP) is 2.02. The minimum Gasteiger partial charge on any atom is -0.496 e. The molecule has 33 heavy (non-hydrogen) atoms. The van der Waals surface area contributed by atoms with Crippen LogP contribution in [0.3, 0.4) is 0 Å². The number of benzene rings is 2. The van der Waals surface area contributed by atoms with E-state index in [2.05, 4.69) is 10.6 Å². The van der Waals surface area contributed by atoms with E-state index in [1.165, 1.54) is 24.2 Å². The normalized spacial score (nSPS) is 16.3. The minimum absolute atomic E-state index is 0.377. The number of carbonyl (C=O) groups is 4. The van der Waals surface area contributed by atoms with Crippen molar-refractivity contribution in [3.63, 3.8) is 0 Å². The maximum absolute atomic E-state index is 12.6. The summed E-state index contributed by atoms with van der Waals surface area (Å²) in [5, 5.41) is 14.3. The molecular weight excluding hydrogens is 426 g/mol.